The Labute approximate surface area is 187 Å². The van der Waals surface area contributed by atoms with Gasteiger partial charge in [0.15, 0.2) is 0 Å². The number of thiol groups is 1. The van der Waals surface area contributed by atoms with Crippen LogP contribution in [0, 0.1) is 11.8 Å². The lowest BCUT2D eigenvalue weighted by Gasteiger charge is -2.24. The summed E-state index contributed by atoms with van der Waals surface area (Å²) in [5, 5.41) is 16.4. The molecular weight excluding hydrogens is 426 g/mol. The number of hydrogen-bond acceptors (Lipinski definition) is 7. The fraction of sp³-hybridized carbons (Fsp3) is 0.737. The van der Waals surface area contributed by atoms with Crippen molar-refractivity contribution in [2.45, 2.75) is 71.1 Å². The summed E-state index contributed by atoms with van der Waals surface area (Å²) in [6.45, 7) is 7.36. The number of aliphatic carboxylic acids is 1. The molecule has 0 rings (SSSR count). The van der Waals surface area contributed by atoms with E-state index in [-0.39, 0.29) is 24.0 Å². The van der Waals surface area contributed by atoms with Crippen molar-refractivity contribution in [3.63, 3.8) is 0 Å². The van der Waals surface area contributed by atoms with E-state index in [1.807, 2.05) is 13.8 Å². The maximum Gasteiger partial charge on any atom is 0.326 e. The van der Waals surface area contributed by atoms with E-state index in [1.54, 1.807) is 13.8 Å². The summed E-state index contributed by atoms with van der Waals surface area (Å²) in [5.74, 6) is -4.27. The zero-order valence-corrected chi connectivity index (χ0v) is 19.3. The second-order valence-electron chi connectivity index (χ2n) is 8.24. The van der Waals surface area contributed by atoms with Gasteiger partial charge in [0.25, 0.3) is 0 Å². The Morgan fingerprint density at radius 1 is 0.806 bits per heavy atom. The quantitative estimate of drug-likeness (QED) is 0.157. The SMILES string of the molecule is CC(C)CC(N)C(=O)NC(CC(N)=O)C(=O)NC(CS)C(=O)NC(CC(C)C)C(=O)O. The Hall–Kier alpha value is -2.34. The maximum absolute atomic E-state index is 12.6. The molecule has 0 saturated heterocycles. The molecule has 4 unspecified atom stereocenters. The molecule has 178 valence electrons. The Morgan fingerprint density at radius 3 is 1.68 bits per heavy atom. The van der Waals surface area contributed by atoms with E-state index < -0.39 is 60.2 Å². The van der Waals surface area contributed by atoms with Gasteiger partial charge in [0, 0.05) is 5.75 Å². The lowest BCUT2D eigenvalue weighted by Crippen LogP contribution is -2.58. The number of primary amides is 1. The second kappa shape index (κ2) is 13.9. The van der Waals surface area contributed by atoms with Gasteiger partial charge in [-0.1, -0.05) is 27.7 Å². The first-order valence-electron chi connectivity index (χ1n) is 10.1. The van der Waals surface area contributed by atoms with E-state index in [1.165, 1.54) is 0 Å². The average molecular weight is 462 g/mol. The summed E-state index contributed by atoms with van der Waals surface area (Å²) in [6, 6.07) is -4.56. The zero-order chi connectivity index (χ0) is 24.3. The van der Waals surface area contributed by atoms with Crippen LogP contribution in [0.3, 0.4) is 0 Å². The van der Waals surface area contributed by atoms with Gasteiger partial charge in [-0.25, -0.2) is 4.79 Å². The topological polar surface area (TPSA) is 194 Å². The summed E-state index contributed by atoms with van der Waals surface area (Å²) < 4.78 is 0. The number of nitrogens with two attached hydrogens (primary N) is 2. The highest BCUT2D eigenvalue weighted by Crippen LogP contribution is 2.06. The average Bonchev–Trinajstić information content (AvgIpc) is 2.63. The number of carbonyl (C=O) groups is 5. The maximum atomic E-state index is 12.6. The van der Waals surface area contributed by atoms with Gasteiger partial charge >= 0.3 is 5.97 Å². The molecule has 31 heavy (non-hydrogen) atoms. The van der Waals surface area contributed by atoms with Crippen molar-refractivity contribution in [2.75, 3.05) is 5.75 Å². The molecule has 0 aromatic rings. The Balaban J connectivity index is 5.25. The second-order valence-corrected chi connectivity index (χ2v) is 8.61. The Bertz CT molecular complexity index is 658. The minimum Gasteiger partial charge on any atom is -0.480 e. The minimum atomic E-state index is -1.34. The molecule has 0 aliphatic carbocycles. The van der Waals surface area contributed by atoms with Gasteiger partial charge in [-0.3, -0.25) is 19.2 Å². The van der Waals surface area contributed by atoms with Crippen LogP contribution in [0.1, 0.15) is 47.0 Å². The first kappa shape index (κ1) is 28.7. The van der Waals surface area contributed by atoms with Crippen LogP contribution in [0.2, 0.25) is 0 Å². The van der Waals surface area contributed by atoms with Gasteiger partial charge in [-0.15, -0.1) is 0 Å². The van der Waals surface area contributed by atoms with Crippen LogP contribution in [0.4, 0.5) is 0 Å². The molecule has 0 fully saturated rings. The smallest absolute Gasteiger partial charge is 0.326 e. The van der Waals surface area contributed by atoms with Gasteiger partial charge in [0.05, 0.1) is 12.5 Å². The zero-order valence-electron chi connectivity index (χ0n) is 18.4. The number of amides is 4. The van der Waals surface area contributed by atoms with Crippen LogP contribution in [0.5, 0.6) is 0 Å². The fourth-order valence-electron chi connectivity index (χ4n) is 2.74. The summed E-state index contributed by atoms with van der Waals surface area (Å²) in [5.41, 5.74) is 11.0. The normalized spacial score (nSPS) is 15.0. The lowest BCUT2D eigenvalue weighted by molar-refractivity contribution is -0.142. The molecule has 0 radical (unpaired) electrons. The van der Waals surface area contributed by atoms with E-state index in [2.05, 4.69) is 28.6 Å². The molecule has 0 heterocycles. The van der Waals surface area contributed by atoms with Gasteiger partial charge in [-0.05, 0) is 24.7 Å². The van der Waals surface area contributed by atoms with Crippen LogP contribution in [-0.4, -0.2) is 64.6 Å². The molecule has 8 N–H and O–H groups in total. The Morgan fingerprint density at radius 2 is 1.26 bits per heavy atom. The number of hydrogen-bond donors (Lipinski definition) is 7. The number of carboxylic acids is 1. The van der Waals surface area contributed by atoms with Crippen molar-refractivity contribution in [3.8, 4) is 0 Å². The van der Waals surface area contributed by atoms with Crippen molar-refractivity contribution < 1.29 is 29.1 Å². The van der Waals surface area contributed by atoms with Crippen LogP contribution in [-0.2, 0) is 24.0 Å². The van der Waals surface area contributed by atoms with Crippen LogP contribution in [0.25, 0.3) is 0 Å². The highest BCUT2D eigenvalue weighted by atomic mass is 32.1. The molecule has 0 aromatic heterocycles. The van der Waals surface area contributed by atoms with Crippen LogP contribution < -0.4 is 27.4 Å². The molecule has 12 heteroatoms. The molecule has 0 aromatic carbocycles. The molecular formula is C19H35N5O6S. The molecule has 4 atom stereocenters. The molecule has 0 saturated carbocycles. The van der Waals surface area contributed by atoms with E-state index in [0.29, 0.717) is 6.42 Å². The minimum absolute atomic E-state index is 0.00986. The molecule has 11 nitrogen and oxygen atoms in total. The van der Waals surface area contributed by atoms with Crippen molar-refractivity contribution in [2.24, 2.45) is 23.3 Å². The third-order valence-electron chi connectivity index (χ3n) is 4.24. The molecule has 0 aliphatic heterocycles. The van der Waals surface area contributed by atoms with Crippen molar-refractivity contribution >= 4 is 42.2 Å². The van der Waals surface area contributed by atoms with Gasteiger partial charge in [0.1, 0.15) is 18.1 Å². The third kappa shape index (κ3) is 11.6. The number of carbonyl (C=O) groups excluding carboxylic acids is 4. The van der Waals surface area contributed by atoms with E-state index in [9.17, 15) is 29.1 Å². The summed E-state index contributed by atoms with van der Waals surface area (Å²) >= 11 is 4.03. The molecule has 0 spiro atoms. The van der Waals surface area contributed by atoms with E-state index >= 15 is 0 Å². The fourth-order valence-corrected chi connectivity index (χ4v) is 2.99. The van der Waals surface area contributed by atoms with Crippen LogP contribution in [0.15, 0.2) is 0 Å². The summed E-state index contributed by atoms with van der Waals surface area (Å²) in [4.78, 5) is 60.1. The lowest BCUT2D eigenvalue weighted by atomic mass is 10.0. The van der Waals surface area contributed by atoms with Gasteiger partial charge < -0.3 is 32.5 Å². The van der Waals surface area contributed by atoms with E-state index in [0.717, 1.165) is 0 Å². The third-order valence-corrected chi connectivity index (χ3v) is 4.60. The van der Waals surface area contributed by atoms with Gasteiger partial charge in [0.2, 0.25) is 23.6 Å². The predicted molar refractivity (Wildman–Crippen MR) is 118 cm³/mol. The predicted octanol–water partition coefficient (Wildman–Crippen LogP) is -1.25. The van der Waals surface area contributed by atoms with Crippen LogP contribution >= 0.6 is 12.6 Å². The van der Waals surface area contributed by atoms with E-state index in [4.69, 9.17) is 11.5 Å². The highest BCUT2D eigenvalue weighted by Gasteiger charge is 2.30. The Kier molecular flexibility index (Phi) is 12.8. The van der Waals surface area contributed by atoms with Gasteiger partial charge in [-0.2, -0.15) is 12.6 Å². The van der Waals surface area contributed by atoms with Crippen molar-refractivity contribution in [3.05, 3.63) is 0 Å². The molecule has 4 amide bonds. The summed E-state index contributed by atoms with van der Waals surface area (Å²) in [6.07, 6.45) is 0.0607. The first-order chi connectivity index (χ1) is 14.3. The van der Waals surface area contributed by atoms with Crippen molar-refractivity contribution in [1.82, 2.24) is 16.0 Å². The first-order valence-corrected chi connectivity index (χ1v) is 10.7. The van der Waals surface area contributed by atoms with Crippen molar-refractivity contribution in [1.29, 1.82) is 0 Å². The number of carboxylic acid groups (broad SMARTS) is 1. The molecule has 0 aliphatic rings. The monoisotopic (exact) mass is 461 g/mol. The number of rotatable bonds is 14. The highest BCUT2D eigenvalue weighted by molar-refractivity contribution is 7.80. The largest absolute Gasteiger partial charge is 0.480 e. The molecule has 0 bridgehead atoms. The number of nitrogens with one attached hydrogen (secondary N) is 3. The summed E-state index contributed by atoms with van der Waals surface area (Å²) in [7, 11) is 0. The standard InChI is InChI=1S/C19H35N5O6S/c1-9(2)5-11(20)16(26)22-12(7-15(21)25)17(27)24-14(8-31)18(28)23-13(19(29)30)6-10(3)4/h9-14,31H,5-8,20H2,1-4H3,(H2,21,25)(H,22,26)(H,23,28)(H,24,27)(H,29,30).